The van der Waals surface area contributed by atoms with E-state index in [2.05, 4.69) is 10.2 Å². The third-order valence-corrected chi connectivity index (χ3v) is 6.23. The second-order valence-electron chi connectivity index (χ2n) is 8.93. The molecule has 1 aromatic rings. The molecule has 1 aromatic carbocycles. The largest absolute Gasteiger partial charge is 0.478 e. The fraction of sp³-hybridized carbons (Fsp3) is 0.480. The first-order valence-corrected chi connectivity index (χ1v) is 11.8. The van der Waals surface area contributed by atoms with Crippen LogP contribution in [0.5, 0.6) is 0 Å². The number of primary amides is 1. The van der Waals surface area contributed by atoms with Gasteiger partial charge in [0.25, 0.3) is 5.91 Å². The van der Waals surface area contributed by atoms with Crippen molar-refractivity contribution in [1.82, 2.24) is 15.1 Å². The van der Waals surface area contributed by atoms with Gasteiger partial charge in [0, 0.05) is 36.8 Å². The number of aryl methyl sites for hydroxylation is 1. The fourth-order valence-corrected chi connectivity index (χ4v) is 4.49. The lowest BCUT2D eigenvalue weighted by Crippen LogP contribution is -2.54. The van der Waals surface area contributed by atoms with Crippen molar-refractivity contribution in [3.8, 4) is 0 Å². The average Bonchev–Trinajstić information content (AvgIpc) is 3.33. The highest BCUT2D eigenvalue weighted by Gasteiger charge is 2.36. The number of amides is 3. The first kappa shape index (κ1) is 28.5. The van der Waals surface area contributed by atoms with Crippen LogP contribution in [0.3, 0.4) is 0 Å². The molecule has 0 saturated carbocycles. The molecule has 2 aliphatic rings. The van der Waals surface area contributed by atoms with Gasteiger partial charge < -0.3 is 26.2 Å². The van der Waals surface area contributed by atoms with Crippen molar-refractivity contribution in [2.24, 2.45) is 5.73 Å². The molecule has 3 rings (SSSR count). The van der Waals surface area contributed by atoms with Crippen LogP contribution in [0.25, 0.3) is 0 Å². The van der Waals surface area contributed by atoms with Gasteiger partial charge in [0.1, 0.15) is 6.04 Å². The second kappa shape index (κ2) is 13.4. The standard InChI is InChI=1S/C21H30N4O3.C4H4O4/c1-14-5-3-6-16(13-14)20(27)23-15(2)21(28)24-11-8-17(9-12-24)25-10-4-7-18(25)19(22)26;5-3(6)1-2-4(7)8/h3,5-6,13,15,17-18H,4,7-12H2,1-2H3,(H2,22,26)(H,23,27);1-2H,(H,5,6)(H,7,8)/b;2-1+. The molecule has 3 amide bonds. The number of nitrogens with two attached hydrogens (primary N) is 1. The topological polar surface area (TPSA) is 170 Å². The molecule has 0 spiro atoms. The Morgan fingerprint density at radius 2 is 1.64 bits per heavy atom. The van der Waals surface area contributed by atoms with Gasteiger partial charge in [-0.15, -0.1) is 0 Å². The molecule has 36 heavy (non-hydrogen) atoms. The van der Waals surface area contributed by atoms with Crippen LogP contribution in [0, 0.1) is 6.92 Å². The molecule has 11 heteroatoms. The van der Waals surface area contributed by atoms with Gasteiger partial charge in [0.05, 0.1) is 6.04 Å². The van der Waals surface area contributed by atoms with E-state index in [1.54, 1.807) is 13.0 Å². The van der Waals surface area contributed by atoms with Crippen LogP contribution in [0.1, 0.15) is 48.5 Å². The van der Waals surface area contributed by atoms with Crippen molar-refractivity contribution in [2.75, 3.05) is 19.6 Å². The monoisotopic (exact) mass is 502 g/mol. The van der Waals surface area contributed by atoms with E-state index in [-0.39, 0.29) is 23.8 Å². The number of hydrogen-bond donors (Lipinski definition) is 4. The number of likely N-dealkylation sites (tertiary alicyclic amines) is 2. The first-order valence-electron chi connectivity index (χ1n) is 11.8. The van der Waals surface area contributed by atoms with Gasteiger partial charge in [-0.05, 0) is 58.2 Å². The Morgan fingerprint density at radius 1 is 1.03 bits per heavy atom. The highest BCUT2D eigenvalue weighted by Crippen LogP contribution is 2.26. The summed E-state index contributed by atoms with van der Waals surface area (Å²) in [5.41, 5.74) is 7.09. The Bertz CT molecular complexity index is 986. The molecule has 0 radical (unpaired) electrons. The van der Waals surface area contributed by atoms with Crippen molar-refractivity contribution in [2.45, 2.75) is 57.7 Å². The Morgan fingerprint density at radius 3 is 2.17 bits per heavy atom. The van der Waals surface area contributed by atoms with Crippen LogP contribution in [-0.2, 0) is 19.2 Å². The molecule has 0 bridgehead atoms. The number of benzene rings is 1. The lowest BCUT2D eigenvalue weighted by Gasteiger charge is -2.39. The lowest BCUT2D eigenvalue weighted by molar-refractivity contribution is -0.135. The molecule has 2 heterocycles. The third kappa shape index (κ3) is 8.49. The van der Waals surface area contributed by atoms with Crippen LogP contribution in [0.2, 0.25) is 0 Å². The van der Waals surface area contributed by atoms with Crippen molar-refractivity contribution in [1.29, 1.82) is 0 Å². The second-order valence-corrected chi connectivity index (χ2v) is 8.93. The van der Waals surface area contributed by atoms with Crippen LogP contribution >= 0.6 is 0 Å². The highest BCUT2D eigenvalue weighted by atomic mass is 16.4. The molecule has 2 fully saturated rings. The van der Waals surface area contributed by atoms with Gasteiger partial charge in [-0.1, -0.05) is 17.7 Å². The number of carboxylic acid groups (broad SMARTS) is 2. The van der Waals surface area contributed by atoms with Crippen molar-refractivity contribution >= 4 is 29.7 Å². The molecule has 0 aliphatic carbocycles. The number of nitrogens with zero attached hydrogens (tertiary/aromatic N) is 2. The van der Waals surface area contributed by atoms with Gasteiger partial charge in [-0.3, -0.25) is 19.3 Å². The molecule has 2 saturated heterocycles. The van der Waals surface area contributed by atoms with Crippen molar-refractivity contribution in [3.05, 3.63) is 47.5 Å². The lowest BCUT2D eigenvalue weighted by atomic mass is 10.0. The maximum Gasteiger partial charge on any atom is 0.328 e. The summed E-state index contributed by atoms with van der Waals surface area (Å²) >= 11 is 0. The van der Waals surface area contributed by atoms with E-state index in [0.717, 1.165) is 37.8 Å². The van der Waals surface area contributed by atoms with Crippen molar-refractivity contribution in [3.63, 3.8) is 0 Å². The number of rotatable bonds is 7. The van der Waals surface area contributed by atoms with E-state index >= 15 is 0 Å². The molecular weight excluding hydrogens is 468 g/mol. The zero-order chi connectivity index (χ0) is 26.8. The molecule has 196 valence electrons. The molecule has 11 nitrogen and oxygen atoms in total. The van der Waals surface area contributed by atoms with Gasteiger partial charge in [0.2, 0.25) is 11.8 Å². The maximum absolute atomic E-state index is 12.8. The van der Waals surface area contributed by atoms with Crippen molar-refractivity contribution < 1.29 is 34.2 Å². The van der Waals surface area contributed by atoms with E-state index in [4.69, 9.17) is 15.9 Å². The number of carboxylic acids is 2. The van der Waals surface area contributed by atoms with Crippen LogP contribution in [0.15, 0.2) is 36.4 Å². The zero-order valence-electron chi connectivity index (χ0n) is 20.6. The molecule has 5 N–H and O–H groups in total. The minimum Gasteiger partial charge on any atom is -0.478 e. The maximum atomic E-state index is 12.8. The summed E-state index contributed by atoms with van der Waals surface area (Å²) in [6, 6.07) is 6.87. The molecule has 2 aliphatic heterocycles. The summed E-state index contributed by atoms with van der Waals surface area (Å²) in [6.45, 7) is 5.83. The predicted molar refractivity (Wildman–Crippen MR) is 131 cm³/mol. The Balaban J connectivity index is 0.000000493. The summed E-state index contributed by atoms with van der Waals surface area (Å²) in [4.78, 5) is 59.9. The SMILES string of the molecule is Cc1cccc(C(=O)NC(C)C(=O)N2CCC(N3CCCC3C(N)=O)CC2)c1.O=C(O)/C=C/C(=O)O. The highest BCUT2D eigenvalue weighted by molar-refractivity contribution is 5.97. The third-order valence-electron chi connectivity index (χ3n) is 6.23. The summed E-state index contributed by atoms with van der Waals surface area (Å²) in [5.74, 6) is -3.06. The zero-order valence-corrected chi connectivity index (χ0v) is 20.6. The number of piperidine rings is 1. The molecule has 2 unspecified atom stereocenters. The quantitative estimate of drug-likeness (QED) is 0.396. The number of aliphatic carboxylic acids is 2. The van der Waals surface area contributed by atoms with E-state index in [0.29, 0.717) is 36.8 Å². The van der Waals surface area contributed by atoms with Crippen LogP contribution in [0.4, 0.5) is 0 Å². The van der Waals surface area contributed by atoms with E-state index in [9.17, 15) is 24.0 Å². The Labute approximate surface area is 209 Å². The van der Waals surface area contributed by atoms with E-state index < -0.39 is 18.0 Å². The van der Waals surface area contributed by atoms with Gasteiger partial charge in [0.15, 0.2) is 0 Å². The number of hydrogen-bond acceptors (Lipinski definition) is 6. The van der Waals surface area contributed by atoms with E-state index in [1.807, 2.05) is 30.0 Å². The number of carbonyl (C=O) groups is 5. The fourth-order valence-electron chi connectivity index (χ4n) is 4.49. The van der Waals surface area contributed by atoms with Gasteiger partial charge in [-0.2, -0.15) is 0 Å². The average molecular weight is 503 g/mol. The Hall–Kier alpha value is -3.73. The van der Waals surface area contributed by atoms with E-state index in [1.165, 1.54) is 0 Å². The normalized spacial score (nSPS) is 19.3. The van der Waals surface area contributed by atoms with Crippen LogP contribution in [-0.4, -0.2) is 87.4 Å². The Kier molecular flexibility index (Phi) is 10.6. The molecule has 2 atom stereocenters. The van der Waals surface area contributed by atoms with Crippen LogP contribution < -0.4 is 11.1 Å². The molecular formula is C25H34N4O7. The minimum absolute atomic E-state index is 0.0627. The number of nitrogens with one attached hydrogen (secondary N) is 1. The number of carbonyl (C=O) groups excluding carboxylic acids is 3. The first-order chi connectivity index (χ1) is 17.0. The summed E-state index contributed by atoms with van der Waals surface area (Å²) in [6.07, 6.45) is 4.60. The molecule has 0 aromatic heterocycles. The van der Waals surface area contributed by atoms with Gasteiger partial charge >= 0.3 is 11.9 Å². The minimum atomic E-state index is -1.26. The summed E-state index contributed by atoms with van der Waals surface area (Å²) in [7, 11) is 0. The smallest absolute Gasteiger partial charge is 0.328 e. The van der Waals surface area contributed by atoms with Gasteiger partial charge in [-0.25, -0.2) is 9.59 Å². The predicted octanol–water partition coefficient (Wildman–Crippen LogP) is 0.766. The summed E-state index contributed by atoms with van der Waals surface area (Å²) in [5, 5.41) is 18.4. The summed E-state index contributed by atoms with van der Waals surface area (Å²) < 4.78 is 0.